The van der Waals surface area contributed by atoms with E-state index >= 15 is 0 Å². The second-order valence-corrected chi connectivity index (χ2v) is 4.11. The fourth-order valence-electron chi connectivity index (χ4n) is 2.24. The molecule has 0 bridgehead atoms. The zero-order valence-electron chi connectivity index (χ0n) is 8.58. The predicted molar refractivity (Wildman–Crippen MR) is 53.8 cm³/mol. The zero-order chi connectivity index (χ0) is 9.26. The molecule has 13 heavy (non-hydrogen) atoms. The first-order valence-corrected chi connectivity index (χ1v) is 5.29. The Hall–Kier alpha value is -0.790. The lowest BCUT2D eigenvalue weighted by Gasteiger charge is -2.24. The normalized spacial score (nSPS) is 19.2. The van der Waals surface area contributed by atoms with Crippen LogP contribution in [-0.4, -0.2) is 9.55 Å². The van der Waals surface area contributed by atoms with Gasteiger partial charge in [0.05, 0.1) is 12.0 Å². The first kappa shape index (κ1) is 8.79. The third-order valence-corrected chi connectivity index (χ3v) is 3.25. The van der Waals surface area contributed by atoms with Gasteiger partial charge in [0, 0.05) is 11.7 Å². The third kappa shape index (κ3) is 1.62. The first-order chi connectivity index (χ1) is 6.29. The summed E-state index contributed by atoms with van der Waals surface area (Å²) in [6, 6.07) is 0.731. The van der Waals surface area contributed by atoms with Gasteiger partial charge in [-0.1, -0.05) is 19.3 Å². The minimum absolute atomic E-state index is 0.731. The molecule has 1 saturated carbocycles. The fourth-order valence-corrected chi connectivity index (χ4v) is 2.24. The molecule has 2 rings (SSSR count). The van der Waals surface area contributed by atoms with Crippen LogP contribution in [0, 0.1) is 13.8 Å². The number of aryl methyl sites for hydroxylation is 1. The Morgan fingerprint density at radius 1 is 1.23 bits per heavy atom. The molecule has 2 heteroatoms. The summed E-state index contributed by atoms with van der Waals surface area (Å²) in [5.41, 5.74) is 2.54. The molecule has 2 nitrogen and oxygen atoms in total. The Morgan fingerprint density at radius 2 is 1.92 bits per heavy atom. The third-order valence-electron chi connectivity index (χ3n) is 3.25. The quantitative estimate of drug-likeness (QED) is 0.646. The van der Waals surface area contributed by atoms with Gasteiger partial charge in [0.1, 0.15) is 0 Å². The number of imidazole rings is 1. The number of rotatable bonds is 1. The second-order valence-electron chi connectivity index (χ2n) is 4.11. The molecule has 72 valence electrons. The topological polar surface area (TPSA) is 17.8 Å². The van der Waals surface area contributed by atoms with E-state index in [1.807, 2.05) is 6.33 Å². The average Bonchev–Trinajstić information content (AvgIpc) is 2.49. The Kier molecular flexibility index (Phi) is 2.38. The maximum absolute atomic E-state index is 4.35. The van der Waals surface area contributed by atoms with Crippen LogP contribution in [0.2, 0.25) is 0 Å². The minimum Gasteiger partial charge on any atom is -0.332 e. The highest BCUT2D eigenvalue weighted by atomic mass is 15.1. The lowest BCUT2D eigenvalue weighted by molar-refractivity contribution is 0.349. The molecule has 0 aliphatic heterocycles. The van der Waals surface area contributed by atoms with Crippen LogP contribution in [0.5, 0.6) is 0 Å². The van der Waals surface area contributed by atoms with E-state index in [1.54, 1.807) is 0 Å². The summed E-state index contributed by atoms with van der Waals surface area (Å²) in [7, 11) is 0. The van der Waals surface area contributed by atoms with Gasteiger partial charge in [0.25, 0.3) is 0 Å². The summed E-state index contributed by atoms with van der Waals surface area (Å²) in [4.78, 5) is 4.35. The van der Waals surface area contributed by atoms with Gasteiger partial charge in [-0.2, -0.15) is 0 Å². The maximum Gasteiger partial charge on any atom is 0.0954 e. The van der Waals surface area contributed by atoms with Gasteiger partial charge in [-0.05, 0) is 26.7 Å². The van der Waals surface area contributed by atoms with Crippen molar-refractivity contribution in [2.45, 2.75) is 52.0 Å². The van der Waals surface area contributed by atoms with Gasteiger partial charge in [-0.15, -0.1) is 0 Å². The van der Waals surface area contributed by atoms with E-state index in [-0.39, 0.29) is 0 Å². The Labute approximate surface area is 80.0 Å². The highest BCUT2D eigenvalue weighted by molar-refractivity contribution is 5.09. The van der Waals surface area contributed by atoms with Gasteiger partial charge < -0.3 is 4.57 Å². The van der Waals surface area contributed by atoms with Crippen LogP contribution >= 0.6 is 0 Å². The molecule has 0 atom stereocenters. The molecule has 1 heterocycles. The highest BCUT2D eigenvalue weighted by Crippen LogP contribution is 2.29. The summed E-state index contributed by atoms with van der Waals surface area (Å²) >= 11 is 0. The summed E-state index contributed by atoms with van der Waals surface area (Å²) in [5, 5.41) is 0. The van der Waals surface area contributed by atoms with Crippen molar-refractivity contribution in [3.8, 4) is 0 Å². The largest absolute Gasteiger partial charge is 0.332 e. The molecular formula is C11H18N2. The van der Waals surface area contributed by atoms with Crippen LogP contribution < -0.4 is 0 Å². The lowest BCUT2D eigenvalue weighted by Crippen LogP contribution is -2.13. The van der Waals surface area contributed by atoms with Crippen molar-refractivity contribution in [2.24, 2.45) is 0 Å². The van der Waals surface area contributed by atoms with Crippen molar-refractivity contribution in [2.75, 3.05) is 0 Å². The van der Waals surface area contributed by atoms with E-state index in [4.69, 9.17) is 0 Å². The number of hydrogen-bond acceptors (Lipinski definition) is 1. The summed E-state index contributed by atoms with van der Waals surface area (Å²) in [6.45, 7) is 4.27. The molecule has 1 aromatic heterocycles. The maximum atomic E-state index is 4.35. The SMILES string of the molecule is Cc1ncn(C2CCCCC2)c1C. The van der Waals surface area contributed by atoms with Crippen LogP contribution in [0.25, 0.3) is 0 Å². The molecule has 0 spiro atoms. The van der Waals surface area contributed by atoms with E-state index in [9.17, 15) is 0 Å². The zero-order valence-corrected chi connectivity index (χ0v) is 8.58. The number of aromatic nitrogens is 2. The number of hydrogen-bond donors (Lipinski definition) is 0. The molecule has 0 radical (unpaired) electrons. The smallest absolute Gasteiger partial charge is 0.0954 e. The molecule has 1 fully saturated rings. The van der Waals surface area contributed by atoms with E-state index < -0.39 is 0 Å². The molecule has 0 N–H and O–H groups in total. The van der Waals surface area contributed by atoms with Gasteiger partial charge in [0.2, 0.25) is 0 Å². The van der Waals surface area contributed by atoms with Gasteiger partial charge >= 0.3 is 0 Å². The van der Waals surface area contributed by atoms with E-state index in [1.165, 1.54) is 43.5 Å². The lowest BCUT2D eigenvalue weighted by atomic mass is 9.95. The predicted octanol–water partition coefficient (Wildman–Crippen LogP) is 3.01. The molecular weight excluding hydrogens is 160 g/mol. The Morgan fingerprint density at radius 3 is 2.46 bits per heavy atom. The van der Waals surface area contributed by atoms with Crippen molar-refractivity contribution in [1.82, 2.24) is 9.55 Å². The number of nitrogens with zero attached hydrogens (tertiary/aromatic N) is 2. The van der Waals surface area contributed by atoms with Crippen molar-refractivity contribution < 1.29 is 0 Å². The van der Waals surface area contributed by atoms with Gasteiger partial charge in [-0.25, -0.2) is 4.98 Å². The average molecular weight is 178 g/mol. The molecule has 0 aromatic carbocycles. The van der Waals surface area contributed by atoms with Crippen molar-refractivity contribution in [3.63, 3.8) is 0 Å². The van der Waals surface area contributed by atoms with Crippen LogP contribution in [0.1, 0.15) is 49.5 Å². The fraction of sp³-hybridized carbons (Fsp3) is 0.727. The van der Waals surface area contributed by atoms with Crippen molar-refractivity contribution in [3.05, 3.63) is 17.7 Å². The van der Waals surface area contributed by atoms with E-state index in [2.05, 4.69) is 23.4 Å². The van der Waals surface area contributed by atoms with Crippen LogP contribution in [-0.2, 0) is 0 Å². The van der Waals surface area contributed by atoms with E-state index in [0.717, 1.165) is 6.04 Å². The highest BCUT2D eigenvalue weighted by Gasteiger charge is 2.16. The molecule has 0 amide bonds. The molecule has 1 aliphatic carbocycles. The monoisotopic (exact) mass is 178 g/mol. The Bertz CT molecular complexity index is 282. The molecule has 1 aliphatic rings. The van der Waals surface area contributed by atoms with Crippen LogP contribution in [0.15, 0.2) is 6.33 Å². The molecule has 1 aromatic rings. The minimum atomic E-state index is 0.731. The first-order valence-electron chi connectivity index (χ1n) is 5.29. The summed E-state index contributed by atoms with van der Waals surface area (Å²) in [6.07, 6.45) is 8.90. The van der Waals surface area contributed by atoms with Crippen LogP contribution in [0.4, 0.5) is 0 Å². The second kappa shape index (κ2) is 3.52. The van der Waals surface area contributed by atoms with Crippen molar-refractivity contribution in [1.29, 1.82) is 0 Å². The van der Waals surface area contributed by atoms with E-state index in [0.29, 0.717) is 0 Å². The summed E-state index contributed by atoms with van der Waals surface area (Å²) in [5.74, 6) is 0. The van der Waals surface area contributed by atoms with Crippen molar-refractivity contribution >= 4 is 0 Å². The molecule has 0 unspecified atom stereocenters. The molecule has 0 saturated heterocycles. The van der Waals surface area contributed by atoms with Gasteiger partial charge in [0.15, 0.2) is 0 Å². The van der Waals surface area contributed by atoms with Crippen LogP contribution in [0.3, 0.4) is 0 Å². The van der Waals surface area contributed by atoms with Gasteiger partial charge in [-0.3, -0.25) is 0 Å². The summed E-state index contributed by atoms with van der Waals surface area (Å²) < 4.78 is 2.37. The Balaban J connectivity index is 2.18. The standard InChI is InChI=1S/C11H18N2/c1-9-10(2)13(8-12-9)11-6-4-3-5-7-11/h8,11H,3-7H2,1-2H3.